The molecule has 2 aromatic rings. The summed E-state index contributed by atoms with van der Waals surface area (Å²) < 4.78 is 0. The smallest absolute Gasteiger partial charge is 0.326 e. The number of carbonyl (C=O) groups is 2. The number of carboxylic acid groups (broad SMARTS) is 1. The second-order valence-corrected chi connectivity index (χ2v) is 6.13. The number of rotatable bonds is 3. The van der Waals surface area contributed by atoms with Gasteiger partial charge in [-0.25, -0.2) is 4.79 Å². The van der Waals surface area contributed by atoms with Crippen molar-refractivity contribution in [2.75, 3.05) is 0 Å². The van der Waals surface area contributed by atoms with E-state index >= 15 is 0 Å². The Morgan fingerprint density at radius 3 is 2.23 bits per heavy atom. The molecule has 1 aliphatic heterocycles. The Balaban J connectivity index is 1.94. The summed E-state index contributed by atoms with van der Waals surface area (Å²) in [5, 5.41) is 48.8. The molecule has 1 unspecified atom stereocenters. The monoisotopic (exact) mass is 359 g/mol. The standard InChI is InChI=1S/C18H17NO7/c20-10-1-2-14(21)9(5-10)6-17(24)19-8-12-11(7-13(19)18(25)26)15(22)3-4-16(12)23/h1-5,13,20-23H,6-8H2,(H,25,26). The molecular formula is C18H17NO7. The molecule has 0 bridgehead atoms. The number of amides is 1. The number of nitrogens with zero attached hydrogens (tertiary/aromatic N) is 1. The Labute approximate surface area is 148 Å². The number of aliphatic carboxylic acids is 1. The Morgan fingerprint density at radius 1 is 0.962 bits per heavy atom. The van der Waals surface area contributed by atoms with Crippen LogP contribution in [0.15, 0.2) is 30.3 Å². The first-order valence-corrected chi connectivity index (χ1v) is 7.83. The van der Waals surface area contributed by atoms with Gasteiger partial charge < -0.3 is 30.4 Å². The molecule has 5 N–H and O–H groups in total. The Hall–Kier alpha value is -3.42. The summed E-state index contributed by atoms with van der Waals surface area (Å²) >= 11 is 0. The highest BCUT2D eigenvalue weighted by Crippen LogP contribution is 2.36. The van der Waals surface area contributed by atoms with Crippen molar-refractivity contribution in [3.8, 4) is 23.0 Å². The molecule has 1 atom stereocenters. The van der Waals surface area contributed by atoms with Crippen LogP contribution in [0.3, 0.4) is 0 Å². The van der Waals surface area contributed by atoms with E-state index in [9.17, 15) is 35.1 Å². The molecule has 1 aliphatic rings. The van der Waals surface area contributed by atoms with Crippen LogP contribution in [0.25, 0.3) is 0 Å². The highest BCUT2D eigenvalue weighted by atomic mass is 16.4. The van der Waals surface area contributed by atoms with Crippen LogP contribution in [-0.2, 0) is 29.0 Å². The molecule has 26 heavy (non-hydrogen) atoms. The van der Waals surface area contributed by atoms with Gasteiger partial charge in [0, 0.05) is 23.1 Å². The van der Waals surface area contributed by atoms with Gasteiger partial charge in [-0.05, 0) is 30.3 Å². The van der Waals surface area contributed by atoms with Crippen LogP contribution in [0.5, 0.6) is 23.0 Å². The van der Waals surface area contributed by atoms with Gasteiger partial charge in [-0.3, -0.25) is 4.79 Å². The summed E-state index contributed by atoms with van der Waals surface area (Å²) in [6.45, 7) is -0.190. The number of fused-ring (bicyclic) bond motifs is 1. The van der Waals surface area contributed by atoms with E-state index in [1.165, 1.54) is 30.3 Å². The Bertz CT molecular complexity index is 893. The SMILES string of the molecule is O=C(O)C1Cc2c(O)ccc(O)c2CN1C(=O)Cc1cc(O)ccc1O. The molecule has 8 heteroatoms. The van der Waals surface area contributed by atoms with Gasteiger partial charge in [0.1, 0.15) is 29.0 Å². The van der Waals surface area contributed by atoms with E-state index < -0.39 is 17.9 Å². The molecule has 1 amide bonds. The number of phenols is 4. The fourth-order valence-corrected chi connectivity index (χ4v) is 3.12. The van der Waals surface area contributed by atoms with Crippen molar-refractivity contribution >= 4 is 11.9 Å². The second-order valence-electron chi connectivity index (χ2n) is 6.13. The number of carboxylic acids is 1. The average Bonchev–Trinajstić information content (AvgIpc) is 2.60. The summed E-state index contributed by atoms with van der Waals surface area (Å²) in [6, 6.07) is 5.06. The second kappa shape index (κ2) is 6.47. The van der Waals surface area contributed by atoms with Crippen LogP contribution in [0, 0.1) is 0 Å². The molecule has 0 saturated carbocycles. The molecule has 0 radical (unpaired) electrons. The summed E-state index contributed by atoms with van der Waals surface area (Å²) in [5.41, 5.74) is 0.739. The van der Waals surface area contributed by atoms with E-state index in [1.54, 1.807) is 0 Å². The molecule has 1 heterocycles. The van der Waals surface area contributed by atoms with Crippen molar-refractivity contribution in [3.63, 3.8) is 0 Å². The largest absolute Gasteiger partial charge is 0.508 e. The molecule has 0 fully saturated rings. The van der Waals surface area contributed by atoms with E-state index in [1.807, 2.05) is 0 Å². The predicted molar refractivity (Wildman–Crippen MR) is 88.9 cm³/mol. The van der Waals surface area contributed by atoms with Crippen molar-refractivity contribution in [2.24, 2.45) is 0 Å². The van der Waals surface area contributed by atoms with E-state index in [0.29, 0.717) is 5.56 Å². The summed E-state index contributed by atoms with van der Waals surface area (Å²) in [4.78, 5) is 25.4. The van der Waals surface area contributed by atoms with Crippen molar-refractivity contribution in [2.45, 2.75) is 25.4 Å². The normalized spacial score (nSPS) is 16.2. The summed E-state index contributed by atoms with van der Waals surface area (Å²) in [7, 11) is 0. The molecule has 0 saturated heterocycles. The van der Waals surface area contributed by atoms with E-state index in [4.69, 9.17) is 0 Å². The molecular weight excluding hydrogens is 342 g/mol. The topological polar surface area (TPSA) is 139 Å². The quantitative estimate of drug-likeness (QED) is 0.517. The van der Waals surface area contributed by atoms with Gasteiger partial charge in [0.25, 0.3) is 0 Å². The van der Waals surface area contributed by atoms with Crippen LogP contribution < -0.4 is 0 Å². The van der Waals surface area contributed by atoms with Crippen LogP contribution in [0.1, 0.15) is 16.7 Å². The molecule has 2 aromatic carbocycles. The van der Waals surface area contributed by atoms with Crippen molar-refractivity contribution < 1.29 is 35.1 Å². The lowest BCUT2D eigenvalue weighted by molar-refractivity contribution is -0.151. The van der Waals surface area contributed by atoms with Gasteiger partial charge in [-0.15, -0.1) is 0 Å². The predicted octanol–water partition coefficient (Wildman–Crippen LogP) is 1.09. The Morgan fingerprint density at radius 2 is 1.58 bits per heavy atom. The summed E-state index contributed by atoms with van der Waals surface area (Å²) in [5.74, 6) is -2.44. The lowest BCUT2D eigenvalue weighted by Gasteiger charge is -2.35. The first-order chi connectivity index (χ1) is 12.3. The van der Waals surface area contributed by atoms with Gasteiger partial charge in [0.15, 0.2) is 0 Å². The zero-order valence-electron chi connectivity index (χ0n) is 13.6. The molecule has 3 rings (SSSR count). The van der Waals surface area contributed by atoms with Crippen LogP contribution in [0.2, 0.25) is 0 Å². The third kappa shape index (κ3) is 3.08. The van der Waals surface area contributed by atoms with Crippen molar-refractivity contribution in [1.82, 2.24) is 4.90 Å². The number of aromatic hydroxyl groups is 4. The molecule has 8 nitrogen and oxygen atoms in total. The minimum atomic E-state index is -1.24. The fourth-order valence-electron chi connectivity index (χ4n) is 3.12. The zero-order chi connectivity index (χ0) is 19.0. The minimum absolute atomic E-state index is 0.132. The lowest BCUT2D eigenvalue weighted by atomic mass is 9.91. The first kappa shape index (κ1) is 17.4. The maximum atomic E-state index is 12.7. The maximum absolute atomic E-state index is 12.7. The molecule has 0 spiro atoms. The first-order valence-electron chi connectivity index (χ1n) is 7.83. The van der Waals surface area contributed by atoms with E-state index in [-0.39, 0.29) is 53.5 Å². The summed E-state index contributed by atoms with van der Waals surface area (Å²) in [6.07, 6.45) is -0.471. The minimum Gasteiger partial charge on any atom is -0.508 e. The molecule has 0 aliphatic carbocycles. The van der Waals surface area contributed by atoms with Gasteiger partial charge in [0.05, 0.1) is 13.0 Å². The Kier molecular flexibility index (Phi) is 4.33. The number of hydrogen-bond donors (Lipinski definition) is 5. The number of hydrogen-bond acceptors (Lipinski definition) is 6. The van der Waals surface area contributed by atoms with Crippen molar-refractivity contribution in [3.05, 3.63) is 47.0 Å². The maximum Gasteiger partial charge on any atom is 0.326 e. The highest BCUT2D eigenvalue weighted by Gasteiger charge is 2.37. The number of carbonyl (C=O) groups excluding carboxylic acids is 1. The van der Waals surface area contributed by atoms with Crippen molar-refractivity contribution in [1.29, 1.82) is 0 Å². The van der Waals surface area contributed by atoms with E-state index in [2.05, 4.69) is 0 Å². The van der Waals surface area contributed by atoms with Gasteiger partial charge in [0.2, 0.25) is 5.91 Å². The molecule has 0 aromatic heterocycles. The van der Waals surface area contributed by atoms with Crippen LogP contribution in [-0.4, -0.2) is 48.4 Å². The van der Waals surface area contributed by atoms with Gasteiger partial charge in [-0.1, -0.05) is 0 Å². The number of phenolic OH excluding ortho intramolecular Hbond substituents is 4. The number of benzene rings is 2. The highest BCUT2D eigenvalue weighted by molar-refractivity contribution is 5.86. The third-order valence-corrected chi connectivity index (χ3v) is 4.49. The van der Waals surface area contributed by atoms with E-state index in [0.717, 1.165) is 4.90 Å². The van der Waals surface area contributed by atoms with Gasteiger partial charge >= 0.3 is 5.97 Å². The van der Waals surface area contributed by atoms with Gasteiger partial charge in [-0.2, -0.15) is 0 Å². The van der Waals surface area contributed by atoms with Crippen LogP contribution >= 0.6 is 0 Å². The fraction of sp³-hybridized carbons (Fsp3) is 0.222. The molecule has 136 valence electrons. The van der Waals surface area contributed by atoms with Crippen LogP contribution in [0.4, 0.5) is 0 Å². The average molecular weight is 359 g/mol. The third-order valence-electron chi connectivity index (χ3n) is 4.49. The lowest BCUT2D eigenvalue weighted by Crippen LogP contribution is -2.49. The zero-order valence-corrected chi connectivity index (χ0v) is 13.6.